The van der Waals surface area contributed by atoms with E-state index in [9.17, 15) is 14.9 Å². The van der Waals surface area contributed by atoms with Gasteiger partial charge < -0.3 is 15.4 Å². The molecule has 3 rings (SSSR count). The first-order valence-corrected chi connectivity index (χ1v) is 10.8. The van der Waals surface area contributed by atoms with Crippen LogP contribution >= 0.6 is 23.6 Å². The number of nitro benzene ring substituents is 1. The first kappa shape index (κ1) is 22.4. The van der Waals surface area contributed by atoms with Crippen LogP contribution < -0.4 is 10.6 Å². The highest BCUT2D eigenvalue weighted by atomic mass is 32.1. The third-order valence-electron chi connectivity index (χ3n) is 4.48. The van der Waals surface area contributed by atoms with Crippen LogP contribution in [-0.4, -0.2) is 22.6 Å². The molecule has 9 heteroatoms. The Kier molecular flexibility index (Phi) is 7.32. The summed E-state index contributed by atoms with van der Waals surface area (Å²) in [5.74, 6) is -0.435. The largest absolute Gasteiger partial charge is 0.462 e. The van der Waals surface area contributed by atoms with Crippen molar-refractivity contribution in [2.45, 2.75) is 20.3 Å². The number of anilines is 2. The van der Waals surface area contributed by atoms with Crippen LogP contribution in [0.3, 0.4) is 0 Å². The first-order valence-electron chi connectivity index (χ1n) is 9.54. The summed E-state index contributed by atoms with van der Waals surface area (Å²) in [4.78, 5) is 24.2. The highest BCUT2D eigenvalue weighted by molar-refractivity contribution is 7.80. The van der Waals surface area contributed by atoms with E-state index in [-0.39, 0.29) is 17.4 Å². The minimum atomic E-state index is -0.440. The number of esters is 1. The fourth-order valence-corrected chi connectivity index (χ4v) is 4.35. The van der Waals surface area contributed by atoms with Crippen molar-refractivity contribution < 1.29 is 14.5 Å². The molecule has 0 aliphatic carbocycles. The molecule has 2 N–H and O–H groups in total. The number of thiocarbonyl (C=S) groups is 1. The molecule has 0 aliphatic heterocycles. The molecule has 160 valence electrons. The molecule has 0 radical (unpaired) electrons. The van der Waals surface area contributed by atoms with Gasteiger partial charge in [-0.2, -0.15) is 0 Å². The maximum atomic E-state index is 12.5. The number of nitro groups is 1. The molecule has 0 aliphatic rings. The summed E-state index contributed by atoms with van der Waals surface area (Å²) in [5, 5.41) is 18.0. The maximum absolute atomic E-state index is 12.5. The van der Waals surface area contributed by atoms with E-state index in [0.717, 1.165) is 10.4 Å². The lowest BCUT2D eigenvalue weighted by molar-refractivity contribution is -0.385. The second-order valence-corrected chi connectivity index (χ2v) is 8.17. The number of benzene rings is 2. The van der Waals surface area contributed by atoms with Crippen LogP contribution in [0.25, 0.3) is 0 Å². The number of carbonyl (C=O) groups excluding carboxylic acids is 1. The van der Waals surface area contributed by atoms with Gasteiger partial charge in [-0.1, -0.05) is 36.4 Å². The zero-order valence-electron chi connectivity index (χ0n) is 17.0. The Balaban J connectivity index is 1.82. The van der Waals surface area contributed by atoms with Gasteiger partial charge in [0.2, 0.25) is 0 Å². The van der Waals surface area contributed by atoms with Crippen molar-refractivity contribution in [1.82, 2.24) is 0 Å². The summed E-state index contributed by atoms with van der Waals surface area (Å²) in [6, 6.07) is 16.5. The lowest BCUT2D eigenvalue weighted by Gasteiger charge is -2.12. The summed E-state index contributed by atoms with van der Waals surface area (Å²) < 4.78 is 5.18. The minimum Gasteiger partial charge on any atom is -0.462 e. The number of hydrogen-bond acceptors (Lipinski definition) is 6. The van der Waals surface area contributed by atoms with Crippen molar-refractivity contribution >= 4 is 51.0 Å². The van der Waals surface area contributed by atoms with Gasteiger partial charge in [-0.15, -0.1) is 11.3 Å². The van der Waals surface area contributed by atoms with E-state index in [0.29, 0.717) is 28.2 Å². The molecule has 0 bridgehead atoms. The number of ether oxygens (including phenoxy) is 1. The smallest absolute Gasteiger partial charge is 0.341 e. The van der Waals surface area contributed by atoms with Crippen LogP contribution in [0.1, 0.15) is 33.3 Å². The van der Waals surface area contributed by atoms with Crippen LogP contribution in [0.4, 0.5) is 16.4 Å². The molecule has 0 amide bonds. The molecule has 0 saturated heterocycles. The van der Waals surface area contributed by atoms with Crippen LogP contribution in [0.5, 0.6) is 0 Å². The maximum Gasteiger partial charge on any atom is 0.341 e. The highest BCUT2D eigenvalue weighted by Crippen LogP contribution is 2.31. The molecule has 1 heterocycles. The normalized spacial score (nSPS) is 10.4. The molecule has 31 heavy (non-hydrogen) atoms. The Morgan fingerprint density at radius 2 is 1.90 bits per heavy atom. The van der Waals surface area contributed by atoms with Gasteiger partial charge in [-0.05, 0) is 43.8 Å². The van der Waals surface area contributed by atoms with Crippen LogP contribution in [0, 0.1) is 17.0 Å². The Hall–Kier alpha value is -3.30. The van der Waals surface area contributed by atoms with Crippen molar-refractivity contribution in [2.75, 3.05) is 17.2 Å². The van der Waals surface area contributed by atoms with E-state index in [1.165, 1.54) is 17.4 Å². The molecule has 0 atom stereocenters. The fourth-order valence-electron chi connectivity index (χ4n) is 2.99. The van der Waals surface area contributed by atoms with Crippen LogP contribution in [0.2, 0.25) is 0 Å². The van der Waals surface area contributed by atoms with E-state index in [1.807, 2.05) is 30.3 Å². The van der Waals surface area contributed by atoms with Gasteiger partial charge in [0, 0.05) is 17.4 Å². The Morgan fingerprint density at radius 3 is 2.58 bits per heavy atom. The van der Waals surface area contributed by atoms with Crippen molar-refractivity contribution in [2.24, 2.45) is 0 Å². The summed E-state index contributed by atoms with van der Waals surface area (Å²) in [5.41, 5.74) is 2.52. The summed E-state index contributed by atoms with van der Waals surface area (Å²) in [6.45, 7) is 3.66. The molecule has 0 spiro atoms. The Morgan fingerprint density at radius 1 is 1.16 bits per heavy atom. The zero-order chi connectivity index (χ0) is 22.4. The number of carbonyl (C=O) groups is 1. The molecule has 1 aromatic heterocycles. The SMILES string of the molecule is CCOC(=O)c1cc(Cc2ccccc2)sc1NC(=S)Nc1cccc([N+](=O)[O-])c1C. The van der Waals surface area contributed by atoms with E-state index < -0.39 is 10.9 Å². The monoisotopic (exact) mass is 455 g/mol. The predicted molar refractivity (Wildman–Crippen MR) is 127 cm³/mol. The average Bonchev–Trinajstić information content (AvgIpc) is 3.12. The second-order valence-electron chi connectivity index (χ2n) is 6.62. The lowest BCUT2D eigenvalue weighted by Crippen LogP contribution is -2.20. The molecular formula is C22H21N3O4S2. The van der Waals surface area contributed by atoms with Crippen LogP contribution in [-0.2, 0) is 11.2 Å². The average molecular weight is 456 g/mol. The molecule has 2 aromatic carbocycles. The van der Waals surface area contributed by atoms with E-state index >= 15 is 0 Å². The first-order chi connectivity index (χ1) is 14.9. The quantitative estimate of drug-likeness (QED) is 0.209. The number of thiophene rings is 1. The number of nitrogens with one attached hydrogen (secondary N) is 2. The van der Waals surface area contributed by atoms with E-state index in [1.54, 1.807) is 32.0 Å². The van der Waals surface area contributed by atoms with Gasteiger partial charge in [-0.25, -0.2) is 4.79 Å². The van der Waals surface area contributed by atoms with Gasteiger partial charge >= 0.3 is 5.97 Å². The van der Waals surface area contributed by atoms with Gasteiger partial charge in [0.25, 0.3) is 5.69 Å². The topological polar surface area (TPSA) is 93.5 Å². The lowest BCUT2D eigenvalue weighted by atomic mass is 10.1. The summed E-state index contributed by atoms with van der Waals surface area (Å²) >= 11 is 6.81. The molecular weight excluding hydrogens is 434 g/mol. The predicted octanol–water partition coefficient (Wildman–Crippen LogP) is 5.54. The van der Waals surface area contributed by atoms with Gasteiger partial charge in [0.05, 0.1) is 28.3 Å². The van der Waals surface area contributed by atoms with Gasteiger partial charge in [0.1, 0.15) is 5.00 Å². The number of hydrogen-bond donors (Lipinski definition) is 2. The summed E-state index contributed by atoms with van der Waals surface area (Å²) in [6.07, 6.45) is 0.670. The Labute approximate surface area is 189 Å². The Bertz CT molecular complexity index is 1110. The molecule has 3 aromatic rings. The fraction of sp³-hybridized carbons (Fsp3) is 0.182. The van der Waals surface area contributed by atoms with Crippen molar-refractivity contribution in [3.63, 3.8) is 0 Å². The van der Waals surface area contributed by atoms with Gasteiger partial charge in [0.15, 0.2) is 5.11 Å². The van der Waals surface area contributed by atoms with Crippen molar-refractivity contribution in [3.05, 3.63) is 86.3 Å². The minimum absolute atomic E-state index is 0.00119. The van der Waals surface area contributed by atoms with Crippen LogP contribution in [0.15, 0.2) is 54.6 Å². The van der Waals surface area contributed by atoms with Crippen molar-refractivity contribution in [1.29, 1.82) is 0 Å². The third-order valence-corrected chi connectivity index (χ3v) is 5.73. The molecule has 0 saturated carbocycles. The van der Waals surface area contributed by atoms with E-state index in [2.05, 4.69) is 10.6 Å². The number of nitrogens with zero attached hydrogens (tertiary/aromatic N) is 1. The van der Waals surface area contributed by atoms with Crippen molar-refractivity contribution in [3.8, 4) is 0 Å². The molecule has 0 unspecified atom stereocenters. The number of rotatable bonds is 7. The van der Waals surface area contributed by atoms with Gasteiger partial charge in [-0.3, -0.25) is 10.1 Å². The van der Waals surface area contributed by atoms with E-state index in [4.69, 9.17) is 17.0 Å². The third kappa shape index (κ3) is 5.65. The summed E-state index contributed by atoms with van der Waals surface area (Å²) in [7, 11) is 0. The molecule has 0 fully saturated rings. The molecule has 7 nitrogen and oxygen atoms in total. The zero-order valence-corrected chi connectivity index (χ0v) is 18.6. The standard InChI is InChI=1S/C22H21N3O4S2/c1-3-29-21(26)17-13-16(12-15-8-5-4-6-9-15)31-20(17)24-22(30)23-18-10-7-11-19(14(18)2)25(27)28/h4-11,13H,3,12H2,1-2H3,(H2,23,24,30). The highest BCUT2D eigenvalue weighted by Gasteiger charge is 2.19. The second kappa shape index (κ2) is 10.1.